The third-order valence-corrected chi connectivity index (χ3v) is 3.41. The fourth-order valence-electron chi connectivity index (χ4n) is 2.09. The summed E-state index contributed by atoms with van der Waals surface area (Å²) in [5.74, 6) is -1.19. The van der Waals surface area contributed by atoms with E-state index in [4.69, 9.17) is 9.52 Å². The topological polar surface area (TPSA) is 79.5 Å². The Labute approximate surface area is 126 Å². The second-order valence-electron chi connectivity index (χ2n) is 4.87. The summed E-state index contributed by atoms with van der Waals surface area (Å²) in [4.78, 5) is 23.2. The second-order valence-corrected chi connectivity index (χ2v) is 4.87. The number of hydrogen-bond donors (Lipinski definition) is 2. The maximum Gasteiger partial charge on any atom is 0.328 e. The third kappa shape index (κ3) is 3.00. The molecule has 1 unspecified atom stereocenters. The molecule has 0 aliphatic heterocycles. The van der Waals surface area contributed by atoms with Gasteiger partial charge in [-0.05, 0) is 13.8 Å². The number of carboxylic acids is 1. The molecule has 0 radical (unpaired) electrons. The molecule has 1 heterocycles. The highest BCUT2D eigenvalue weighted by molar-refractivity contribution is 6.02. The lowest BCUT2D eigenvalue weighted by molar-refractivity contribution is -0.139. The largest absolute Gasteiger partial charge is 0.480 e. The monoisotopic (exact) mass is 305 g/mol. The van der Waals surface area contributed by atoms with Crippen molar-refractivity contribution in [2.45, 2.75) is 19.9 Å². The number of carbonyl (C=O) groups excluding carboxylic acids is 1. The van der Waals surface area contributed by atoms with E-state index in [2.05, 4.69) is 5.32 Å². The van der Waals surface area contributed by atoms with Crippen LogP contribution in [0.4, 0.5) is 4.39 Å². The molecule has 1 amide bonds. The van der Waals surface area contributed by atoms with Crippen LogP contribution >= 0.6 is 0 Å². The van der Waals surface area contributed by atoms with Gasteiger partial charge in [-0.1, -0.05) is 30.3 Å². The average molecular weight is 305 g/mol. The highest BCUT2D eigenvalue weighted by atomic mass is 19.1. The quantitative estimate of drug-likeness (QED) is 0.890. The zero-order valence-corrected chi connectivity index (χ0v) is 12.2. The highest BCUT2D eigenvalue weighted by Crippen LogP contribution is 2.30. The van der Waals surface area contributed by atoms with Gasteiger partial charge in [-0.2, -0.15) is 0 Å². The van der Waals surface area contributed by atoms with Gasteiger partial charge in [0, 0.05) is 11.1 Å². The first kappa shape index (κ1) is 15.8. The molecule has 2 rings (SSSR count). The molecule has 0 bridgehead atoms. The molecule has 0 saturated heterocycles. The van der Waals surface area contributed by atoms with Crippen molar-refractivity contribution in [2.75, 3.05) is 6.67 Å². The van der Waals surface area contributed by atoms with Crippen molar-refractivity contribution in [1.29, 1.82) is 0 Å². The van der Waals surface area contributed by atoms with Crippen LogP contribution in [-0.4, -0.2) is 29.7 Å². The lowest BCUT2D eigenvalue weighted by atomic mass is 10.0. The summed E-state index contributed by atoms with van der Waals surface area (Å²) in [6.07, 6.45) is 0. The van der Waals surface area contributed by atoms with Crippen LogP contribution in [0.2, 0.25) is 0 Å². The Hall–Kier alpha value is -2.63. The molecule has 5 nitrogen and oxygen atoms in total. The fourth-order valence-corrected chi connectivity index (χ4v) is 2.09. The molecule has 1 atom stereocenters. The van der Waals surface area contributed by atoms with Gasteiger partial charge in [0.25, 0.3) is 5.91 Å². The number of hydrogen-bond acceptors (Lipinski definition) is 3. The first-order chi connectivity index (χ1) is 10.5. The van der Waals surface area contributed by atoms with E-state index in [-0.39, 0.29) is 5.56 Å². The molecule has 0 aliphatic rings. The van der Waals surface area contributed by atoms with Crippen LogP contribution in [0, 0.1) is 13.8 Å². The van der Waals surface area contributed by atoms with Crippen molar-refractivity contribution < 1.29 is 23.5 Å². The van der Waals surface area contributed by atoms with Crippen LogP contribution in [0.25, 0.3) is 11.3 Å². The maximum atomic E-state index is 12.7. The highest BCUT2D eigenvalue weighted by Gasteiger charge is 2.26. The lowest BCUT2D eigenvalue weighted by Gasteiger charge is -2.11. The Morgan fingerprint density at radius 1 is 1.27 bits per heavy atom. The molecule has 1 aromatic heterocycles. The minimum absolute atomic E-state index is 0.225. The van der Waals surface area contributed by atoms with Gasteiger partial charge in [0.1, 0.15) is 18.2 Å². The number of carbonyl (C=O) groups is 2. The molecule has 2 aromatic rings. The van der Waals surface area contributed by atoms with E-state index in [1.807, 2.05) is 6.07 Å². The Bertz CT molecular complexity index is 694. The van der Waals surface area contributed by atoms with Gasteiger partial charge in [-0.3, -0.25) is 4.79 Å². The maximum absolute atomic E-state index is 12.7. The predicted molar refractivity (Wildman–Crippen MR) is 78.5 cm³/mol. The van der Waals surface area contributed by atoms with E-state index >= 15 is 0 Å². The number of amides is 1. The Morgan fingerprint density at radius 3 is 2.45 bits per heavy atom. The van der Waals surface area contributed by atoms with Crippen LogP contribution in [0.3, 0.4) is 0 Å². The second kappa shape index (κ2) is 6.43. The summed E-state index contributed by atoms with van der Waals surface area (Å²) in [5.41, 5.74) is 1.51. The van der Waals surface area contributed by atoms with E-state index < -0.39 is 24.6 Å². The molecule has 0 aliphatic carbocycles. The van der Waals surface area contributed by atoms with Gasteiger partial charge in [0.05, 0.1) is 5.56 Å². The normalized spacial score (nSPS) is 12.0. The van der Waals surface area contributed by atoms with E-state index in [0.717, 1.165) is 0 Å². The number of rotatable bonds is 5. The summed E-state index contributed by atoms with van der Waals surface area (Å²) in [6, 6.07) is 7.40. The third-order valence-electron chi connectivity index (χ3n) is 3.41. The van der Waals surface area contributed by atoms with Crippen molar-refractivity contribution in [3.05, 3.63) is 47.2 Å². The first-order valence-electron chi connectivity index (χ1n) is 6.70. The van der Waals surface area contributed by atoms with Crippen molar-refractivity contribution in [2.24, 2.45) is 0 Å². The number of carboxylic acid groups (broad SMARTS) is 1. The van der Waals surface area contributed by atoms with Crippen LogP contribution in [-0.2, 0) is 4.79 Å². The zero-order valence-electron chi connectivity index (χ0n) is 12.2. The van der Waals surface area contributed by atoms with E-state index in [1.54, 1.807) is 38.1 Å². The molecule has 0 spiro atoms. The number of furan rings is 1. The Morgan fingerprint density at radius 2 is 1.91 bits per heavy atom. The minimum Gasteiger partial charge on any atom is -0.480 e. The van der Waals surface area contributed by atoms with E-state index in [1.165, 1.54) is 0 Å². The van der Waals surface area contributed by atoms with Crippen LogP contribution in [0.5, 0.6) is 0 Å². The summed E-state index contributed by atoms with van der Waals surface area (Å²) in [5, 5.41) is 11.0. The Balaban J connectivity index is 2.42. The fraction of sp³-hybridized carbons (Fsp3) is 0.250. The van der Waals surface area contributed by atoms with E-state index in [0.29, 0.717) is 22.6 Å². The number of benzene rings is 1. The van der Waals surface area contributed by atoms with Gasteiger partial charge in [-0.25, -0.2) is 9.18 Å². The smallest absolute Gasteiger partial charge is 0.328 e. The van der Waals surface area contributed by atoms with Crippen molar-refractivity contribution >= 4 is 11.9 Å². The van der Waals surface area contributed by atoms with Crippen LogP contribution in [0.15, 0.2) is 34.7 Å². The molecule has 22 heavy (non-hydrogen) atoms. The number of aliphatic carboxylic acids is 1. The molecule has 0 fully saturated rings. The molecule has 116 valence electrons. The minimum atomic E-state index is -1.58. The summed E-state index contributed by atoms with van der Waals surface area (Å²) in [7, 11) is 0. The lowest BCUT2D eigenvalue weighted by Crippen LogP contribution is -2.42. The number of halogens is 1. The molecular weight excluding hydrogens is 289 g/mol. The SMILES string of the molecule is Cc1oc(-c2ccccc2)c(C(=O)NC(CF)C(=O)O)c1C. The molecule has 0 saturated carbocycles. The summed E-state index contributed by atoms with van der Waals surface area (Å²) >= 11 is 0. The van der Waals surface area contributed by atoms with Crippen molar-refractivity contribution in [1.82, 2.24) is 5.32 Å². The molecular formula is C16H16FNO4. The zero-order chi connectivity index (χ0) is 16.3. The average Bonchev–Trinajstić information content (AvgIpc) is 2.81. The van der Waals surface area contributed by atoms with E-state index in [9.17, 15) is 14.0 Å². The number of nitrogens with one attached hydrogen (secondary N) is 1. The number of aryl methyl sites for hydroxylation is 1. The number of alkyl halides is 1. The van der Waals surface area contributed by atoms with Gasteiger partial charge in [0.15, 0.2) is 6.04 Å². The van der Waals surface area contributed by atoms with Crippen molar-refractivity contribution in [3.63, 3.8) is 0 Å². The summed E-state index contributed by atoms with van der Waals surface area (Å²) in [6.45, 7) is 2.23. The first-order valence-corrected chi connectivity index (χ1v) is 6.70. The van der Waals surface area contributed by atoms with Crippen molar-refractivity contribution in [3.8, 4) is 11.3 Å². The molecule has 6 heteroatoms. The van der Waals surface area contributed by atoms with Gasteiger partial charge in [0.2, 0.25) is 0 Å². The Kier molecular flexibility index (Phi) is 4.60. The van der Waals surface area contributed by atoms with Gasteiger partial charge in [-0.15, -0.1) is 0 Å². The standard InChI is InChI=1S/C16H16FNO4/c1-9-10(2)22-14(11-6-4-3-5-7-11)13(9)15(19)18-12(8-17)16(20)21/h3-7,12H,8H2,1-2H3,(H,18,19)(H,20,21). The predicted octanol–water partition coefficient (Wildman–Crippen LogP) is 2.72. The van der Waals surface area contributed by atoms with Gasteiger partial charge < -0.3 is 14.8 Å². The van der Waals surface area contributed by atoms with Gasteiger partial charge >= 0.3 is 5.97 Å². The molecule has 1 aromatic carbocycles. The summed E-state index contributed by atoms with van der Waals surface area (Å²) < 4.78 is 18.3. The van der Waals surface area contributed by atoms with Crippen LogP contribution in [0.1, 0.15) is 21.7 Å². The van der Waals surface area contributed by atoms with Crippen LogP contribution < -0.4 is 5.32 Å². The molecule has 2 N–H and O–H groups in total.